The Labute approximate surface area is 124 Å². The van der Waals surface area contributed by atoms with Crippen molar-refractivity contribution in [3.8, 4) is 0 Å². The van der Waals surface area contributed by atoms with Gasteiger partial charge in [-0.3, -0.25) is 4.79 Å². The quantitative estimate of drug-likeness (QED) is 0.863. The third-order valence-electron chi connectivity index (χ3n) is 3.55. The van der Waals surface area contributed by atoms with E-state index in [1.54, 1.807) is 6.20 Å². The zero-order valence-corrected chi connectivity index (χ0v) is 12.7. The first kappa shape index (κ1) is 14.8. The van der Waals surface area contributed by atoms with E-state index in [0.29, 0.717) is 16.6 Å². The highest BCUT2D eigenvalue weighted by Crippen LogP contribution is 2.24. The van der Waals surface area contributed by atoms with Crippen molar-refractivity contribution in [1.29, 1.82) is 0 Å². The maximum Gasteiger partial charge on any atom is 0.253 e. The molecule has 2 aromatic rings. The second kappa shape index (κ2) is 6.23. The van der Waals surface area contributed by atoms with Crippen molar-refractivity contribution >= 4 is 28.3 Å². The summed E-state index contributed by atoms with van der Waals surface area (Å²) in [5.74, 6) is 0.307. The molecule has 0 spiro atoms. The summed E-state index contributed by atoms with van der Waals surface area (Å²) in [6.07, 6.45) is 2.45. The summed E-state index contributed by atoms with van der Waals surface area (Å²) in [6, 6.07) is 7.72. The maximum atomic E-state index is 12.4. The highest BCUT2D eigenvalue weighted by molar-refractivity contribution is 6.34. The fourth-order valence-corrected chi connectivity index (χ4v) is 2.54. The fourth-order valence-electron chi connectivity index (χ4n) is 2.33. The first-order valence-electron chi connectivity index (χ1n) is 6.88. The number of pyridine rings is 1. The van der Waals surface area contributed by atoms with E-state index < -0.39 is 0 Å². The minimum absolute atomic E-state index is 0.0917. The van der Waals surface area contributed by atoms with Gasteiger partial charge in [-0.15, -0.1) is 0 Å². The highest BCUT2D eigenvalue weighted by atomic mass is 35.5. The van der Waals surface area contributed by atoms with Crippen LogP contribution in [0.25, 0.3) is 10.8 Å². The van der Waals surface area contributed by atoms with Crippen LogP contribution in [0, 0.1) is 5.92 Å². The molecule has 106 valence electrons. The zero-order chi connectivity index (χ0) is 14.7. The lowest BCUT2D eigenvalue weighted by molar-refractivity contribution is 0.0926. The van der Waals surface area contributed by atoms with Gasteiger partial charge in [-0.25, -0.2) is 4.98 Å². The van der Waals surface area contributed by atoms with Crippen molar-refractivity contribution in [3.05, 3.63) is 41.2 Å². The lowest BCUT2D eigenvalue weighted by Gasteiger charge is -2.21. The molecule has 0 saturated heterocycles. The van der Waals surface area contributed by atoms with E-state index in [9.17, 15) is 4.79 Å². The number of nitrogens with one attached hydrogen (secondary N) is 1. The van der Waals surface area contributed by atoms with Crippen molar-refractivity contribution in [3.63, 3.8) is 0 Å². The third kappa shape index (κ3) is 2.93. The van der Waals surface area contributed by atoms with Crippen molar-refractivity contribution in [2.45, 2.75) is 33.2 Å². The normalized spacial score (nSPS) is 12.7. The molecule has 1 heterocycles. The largest absolute Gasteiger partial charge is 0.349 e. The standard InChI is InChI=1S/C16H19ClN2O/c1-4-14(10(2)3)19-16(20)13-9-18-15(17)12-8-6-5-7-11(12)13/h5-10,14H,4H2,1-3H3,(H,19,20). The van der Waals surface area contributed by atoms with Gasteiger partial charge in [0.1, 0.15) is 5.15 Å². The van der Waals surface area contributed by atoms with Gasteiger partial charge in [0.15, 0.2) is 0 Å². The number of benzene rings is 1. The average molecular weight is 291 g/mol. The molecular formula is C16H19ClN2O. The Morgan fingerprint density at radius 1 is 1.30 bits per heavy atom. The minimum atomic E-state index is -0.0917. The summed E-state index contributed by atoms with van der Waals surface area (Å²) in [6.45, 7) is 6.28. The Hall–Kier alpha value is -1.61. The number of halogens is 1. The van der Waals surface area contributed by atoms with Crippen LogP contribution in [0.1, 0.15) is 37.6 Å². The number of rotatable bonds is 4. The van der Waals surface area contributed by atoms with E-state index >= 15 is 0 Å². The van der Waals surface area contributed by atoms with Crippen LogP contribution < -0.4 is 5.32 Å². The van der Waals surface area contributed by atoms with Gasteiger partial charge in [-0.2, -0.15) is 0 Å². The summed E-state index contributed by atoms with van der Waals surface area (Å²) < 4.78 is 0. The fraction of sp³-hybridized carbons (Fsp3) is 0.375. The Bertz CT molecular complexity index is 625. The molecule has 2 rings (SSSR count). The van der Waals surface area contributed by atoms with E-state index in [0.717, 1.165) is 17.2 Å². The molecular weight excluding hydrogens is 272 g/mol. The Morgan fingerprint density at radius 3 is 2.55 bits per heavy atom. The van der Waals surface area contributed by atoms with E-state index in [4.69, 9.17) is 11.6 Å². The van der Waals surface area contributed by atoms with E-state index in [1.165, 1.54) is 0 Å². The molecule has 0 aliphatic carbocycles. The van der Waals surface area contributed by atoms with E-state index in [1.807, 2.05) is 24.3 Å². The van der Waals surface area contributed by atoms with Crippen molar-refractivity contribution < 1.29 is 4.79 Å². The molecule has 20 heavy (non-hydrogen) atoms. The second-order valence-electron chi connectivity index (χ2n) is 5.24. The molecule has 1 unspecified atom stereocenters. The summed E-state index contributed by atoms with van der Waals surface area (Å²) in [5.41, 5.74) is 0.573. The summed E-state index contributed by atoms with van der Waals surface area (Å²) in [5, 5.41) is 5.14. The van der Waals surface area contributed by atoms with Crippen LogP contribution in [0.4, 0.5) is 0 Å². The lowest BCUT2D eigenvalue weighted by atomic mass is 10.0. The molecule has 1 aromatic heterocycles. The number of hydrogen-bond acceptors (Lipinski definition) is 2. The van der Waals surface area contributed by atoms with Crippen molar-refractivity contribution in [1.82, 2.24) is 10.3 Å². The predicted octanol–water partition coefficient (Wildman–Crippen LogP) is 4.05. The van der Waals surface area contributed by atoms with Gasteiger partial charge >= 0.3 is 0 Å². The number of carbonyl (C=O) groups is 1. The highest BCUT2D eigenvalue weighted by Gasteiger charge is 2.18. The lowest BCUT2D eigenvalue weighted by Crippen LogP contribution is -2.38. The maximum absolute atomic E-state index is 12.4. The van der Waals surface area contributed by atoms with Crippen LogP contribution in [0.5, 0.6) is 0 Å². The average Bonchev–Trinajstić information content (AvgIpc) is 2.45. The molecule has 0 bridgehead atoms. The molecule has 1 amide bonds. The first-order valence-corrected chi connectivity index (χ1v) is 7.26. The Balaban J connectivity index is 2.38. The molecule has 0 radical (unpaired) electrons. The monoisotopic (exact) mass is 290 g/mol. The summed E-state index contributed by atoms with van der Waals surface area (Å²) in [4.78, 5) is 16.6. The molecule has 0 aliphatic rings. The van der Waals surface area contributed by atoms with E-state index in [-0.39, 0.29) is 11.9 Å². The second-order valence-corrected chi connectivity index (χ2v) is 5.60. The van der Waals surface area contributed by atoms with Crippen LogP contribution in [0.3, 0.4) is 0 Å². The number of carbonyl (C=O) groups excluding carboxylic acids is 1. The van der Waals surface area contributed by atoms with Crippen LogP contribution in [-0.4, -0.2) is 16.9 Å². The van der Waals surface area contributed by atoms with Gasteiger partial charge in [-0.05, 0) is 17.7 Å². The summed E-state index contributed by atoms with van der Waals surface area (Å²) >= 11 is 6.07. The van der Waals surface area contributed by atoms with Crippen LogP contribution in [0.2, 0.25) is 5.15 Å². The van der Waals surface area contributed by atoms with Crippen molar-refractivity contribution in [2.75, 3.05) is 0 Å². The zero-order valence-electron chi connectivity index (χ0n) is 12.0. The molecule has 1 atom stereocenters. The number of aromatic nitrogens is 1. The topological polar surface area (TPSA) is 42.0 Å². The summed E-state index contributed by atoms with van der Waals surface area (Å²) in [7, 11) is 0. The predicted molar refractivity (Wildman–Crippen MR) is 83.1 cm³/mol. The number of amides is 1. The minimum Gasteiger partial charge on any atom is -0.349 e. The Morgan fingerprint density at radius 2 is 1.95 bits per heavy atom. The van der Waals surface area contributed by atoms with Gasteiger partial charge in [0, 0.05) is 17.6 Å². The SMILES string of the molecule is CCC(NC(=O)c1cnc(Cl)c2ccccc12)C(C)C. The number of fused-ring (bicyclic) bond motifs is 1. The molecule has 1 N–H and O–H groups in total. The number of hydrogen-bond donors (Lipinski definition) is 1. The molecule has 1 aromatic carbocycles. The van der Waals surface area contributed by atoms with E-state index in [2.05, 4.69) is 31.1 Å². The molecule has 0 saturated carbocycles. The first-order chi connectivity index (χ1) is 9.54. The molecule has 3 nitrogen and oxygen atoms in total. The smallest absolute Gasteiger partial charge is 0.253 e. The third-order valence-corrected chi connectivity index (χ3v) is 3.85. The van der Waals surface area contributed by atoms with Gasteiger partial charge in [0.05, 0.1) is 5.56 Å². The van der Waals surface area contributed by atoms with Gasteiger partial charge in [0.25, 0.3) is 5.91 Å². The van der Waals surface area contributed by atoms with Crippen molar-refractivity contribution in [2.24, 2.45) is 5.92 Å². The molecule has 0 aliphatic heterocycles. The van der Waals surface area contributed by atoms with Gasteiger partial charge in [0.2, 0.25) is 0 Å². The molecule has 4 heteroatoms. The van der Waals surface area contributed by atoms with Crippen LogP contribution in [-0.2, 0) is 0 Å². The number of nitrogens with zero attached hydrogens (tertiary/aromatic N) is 1. The molecule has 0 fully saturated rings. The Kier molecular flexibility index (Phi) is 4.61. The van der Waals surface area contributed by atoms with Gasteiger partial charge < -0.3 is 5.32 Å². The van der Waals surface area contributed by atoms with Gasteiger partial charge in [-0.1, -0.05) is 56.6 Å². The van der Waals surface area contributed by atoms with Crippen LogP contribution >= 0.6 is 11.6 Å². The van der Waals surface area contributed by atoms with Crippen LogP contribution in [0.15, 0.2) is 30.5 Å².